The lowest BCUT2D eigenvalue weighted by atomic mass is 10.1. The molecule has 0 atom stereocenters. The van der Waals surface area contributed by atoms with Crippen LogP contribution in [0.15, 0.2) is 133 Å². The van der Waals surface area contributed by atoms with Gasteiger partial charge in [0, 0.05) is 60.3 Å². The molecule has 0 saturated carbocycles. The highest BCUT2D eigenvalue weighted by molar-refractivity contribution is 6.13. The van der Waals surface area contributed by atoms with E-state index in [1.165, 1.54) is 76.8 Å². The van der Waals surface area contributed by atoms with Crippen molar-refractivity contribution in [3.05, 3.63) is 133 Å². The molecule has 3 heterocycles. The zero-order valence-electron chi connectivity index (χ0n) is 24.5. The van der Waals surface area contributed by atoms with Gasteiger partial charge in [0.2, 0.25) is 0 Å². The Bertz CT molecular complexity index is 2270. The highest BCUT2D eigenvalue weighted by Crippen LogP contribution is 2.40. The first-order chi connectivity index (χ1) is 21.0. The van der Waals surface area contributed by atoms with Crippen molar-refractivity contribution in [1.82, 2.24) is 13.7 Å². The van der Waals surface area contributed by atoms with Gasteiger partial charge in [-0.3, -0.25) is 0 Å². The third-order valence-electron chi connectivity index (χ3n) is 9.08. The van der Waals surface area contributed by atoms with Gasteiger partial charge in [-0.2, -0.15) is 0 Å². The van der Waals surface area contributed by atoms with E-state index in [-0.39, 0.29) is 5.54 Å². The Morgan fingerprint density at radius 1 is 0.349 bits per heavy atom. The average molecular weight is 554 g/mol. The molecule has 3 heteroatoms. The fraction of sp³-hybridized carbons (Fsp3) is 0.100. The fourth-order valence-electron chi connectivity index (χ4n) is 7.40. The highest BCUT2D eigenvalue weighted by atomic mass is 15.1. The molecule has 0 saturated heterocycles. The van der Waals surface area contributed by atoms with Gasteiger partial charge in [0.25, 0.3) is 0 Å². The topological polar surface area (TPSA) is 14.8 Å². The summed E-state index contributed by atoms with van der Waals surface area (Å²) < 4.78 is 7.34. The molecule has 0 aliphatic carbocycles. The van der Waals surface area contributed by atoms with Crippen LogP contribution in [0.3, 0.4) is 0 Å². The van der Waals surface area contributed by atoms with Crippen LogP contribution in [0.25, 0.3) is 76.8 Å². The van der Waals surface area contributed by atoms with Crippen molar-refractivity contribution >= 4 is 65.4 Å². The second-order valence-corrected chi connectivity index (χ2v) is 12.6. The molecular formula is C40H31N3. The molecule has 9 rings (SSSR count). The number of nitrogens with zero attached hydrogens (tertiary/aromatic N) is 3. The molecule has 3 aromatic heterocycles. The normalized spacial score (nSPS) is 12.5. The van der Waals surface area contributed by atoms with Crippen LogP contribution in [0.2, 0.25) is 0 Å². The van der Waals surface area contributed by atoms with Gasteiger partial charge in [-0.25, -0.2) is 0 Å². The first-order valence-electron chi connectivity index (χ1n) is 15.0. The molecule has 0 aliphatic rings. The predicted octanol–water partition coefficient (Wildman–Crippen LogP) is 10.7. The summed E-state index contributed by atoms with van der Waals surface area (Å²) in [5, 5.41) is 7.67. The van der Waals surface area contributed by atoms with E-state index >= 15 is 0 Å². The minimum Gasteiger partial charge on any atom is -0.335 e. The Balaban J connectivity index is 1.38. The van der Waals surface area contributed by atoms with E-state index in [9.17, 15) is 0 Å². The number of rotatable bonds is 2. The van der Waals surface area contributed by atoms with Crippen LogP contribution in [0.4, 0.5) is 0 Å². The molecule has 0 unspecified atom stereocenters. The molecule has 0 fully saturated rings. The third-order valence-corrected chi connectivity index (χ3v) is 9.08. The third kappa shape index (κ3) is 3.36. The van der Waals surface area contributed by atoms with Gasteiger partial charge in [-0.05, 0) is 81.4 Å². The van der Waals surface area contributed by atoms with Crippen LogP contribution in [-0.4, -0.2) is 13.7 Å². The number of aromatic nitrogens is 3. The predicted molar refractivity (Wildman–Crippen MR) is 183 cm³/mol. The van der Waals surface area contributed by atoms with Gasteiger partial charge in [0.15, 0.2) is 0 Å². The molecule has 6 aromatic carbocycles. The van der Waals surface area contributed by atoms with Crippen LogP contribution < -0.4 is 0 Å². The molecule has 0 aliphatic heterocycles. The zero-order chi connectivity index (χ0) is 28.9. The van der Waals surface area contributed by atoms with Crippen LogP contribution in [0.5, 0.6) is 0 Å². The Hall–Kier alpha value is -5.28. The maximum atomic E-state index is 2.50. The Morgan fingerprint density at radius 2 is 0.674 bits per heavy atom. The number of hydrogen-bond donors (Lipinski definition) is 0. The van der Waals surface area contributed by atoms with E-state index in [0.717, 1.165) is 0 Å². The summed E-state index contributed by atoms with van der Waals surface area (Å²) in [6, 6.07) is 49.0. The largest absolute Gasteiger partial charge is 0.335 e. The van der Waals surface area contributed by atoms with E-state index in [1.807, 2.05) is 0 Å². The monoisotopic (exact) mass is 553 g/mol. The summed E-state index contributed by atoms with van der Waals surface area (Å²) in [6.45, 7) is 6.90. The van der Waals surface area contributed by atoms with Gasteiger partial charge in [0.1, 0.15) is 0 Å². The van der Waals surface area contributed by atoms with Crippen LogP contribution in [-0.2, 0) is 5.54 Å². The minimum absolute atomic E-state index is 0.0806. The Morgan fingerprint density at radius 3 is 1.00 bits per heavy atom. The number of fused-ring (bicyclic) bond motifs is 9. The average Bonchev–Trinajstić information content (AvgIpc) is 3.66. The standard InChI is InChI=1S/C40H31N3/c1-40(2,3)43-38-22-20-26(41-34-16-8-4-12-28(34)29-13-5-9-17-35(29)41)24-32(38)33-25-27(21-23-39(33)43)42-36-18-10-6-14-30(36)31-15-7-11-19-37(31)42/h4-25H,1-3H3. The summed E-state index contributed by atoms with van der Waals surface area (Å²) in [6.07, 6.45) is 0. The number of para-hydroxylation sites is 4. The van der Waals surface area contributed by atoms with E-state index in [4.69, 9.17) is 0 Å². The number of benzene rings is 6. The first-order valence-corrected chi connectivity index (χ1v) is 15.0. The van der Waals surface area contributed by atoms with E-state index in [0.29, 0.717) is 0 Å². The van der Waals surface area contributed by atoms with Gasteiger partial charge in [-0.15, -0.1) is 0 Å². The van der Waals surface area contributed by atoms with Crippen molar-refractivity contribution in [1.29, 1.82) is 0 Å². The van der Waals surface area contributed by atoms with Crippen molar-refractivity contribution in [3.8, 4) is 11.4 Å². The summed E-state index contributed by atoms with van der Waals surface area (Å²) in [5.74, 6) is 0. The van der Waals surface area contributed by atoms with Gasteiger partial charge in [-0.1, -0.05) is 72.8 Å². The summed E-state index contributed by atoms with van der Waals surface area (Å²) in [5.41, 5.74) is 9.71. The Kier molecular flexibility index (Phi) is 4.88. The second-order valence-electron chi connectivity index (χ2n) is 12.6. The zero-order valence-corrected chi connectivity index (χ0v) is 24.5. The molecule has 0 N–H and O–H groups in total. The lowest BCUT2D eigenvalue weighted by Crippen LogP contribution is -2.21. The molecule has 9 aromatic rings. The molecule has 43 heavy (non-hydrogen) atoms. The van der Waals surface area contributed by atoms with E-state index < -0.39 is 0 Å². The minimum atomic E-state index is -0.0806. The van der Waals surface area contributed by atoms with Crippen LogP contribution >= 0.6 is 0 Å². The second kappa shape index (κ2) is 8.62. The molecule has 0 amide bonds. The number of hydrogen-bond acceptors (Lipinski definition) is 0. The summed E-state index contributed by atoms with van der Waals surface area (Å²) in [4.78, 5) is 0. The van der Waals surface area contributed by atoms with Crippen molar-refractivity contribution in [2.45, 2.75) is 26.3 Å². The molecule has 0 bridgehead atoms. The maximum absolute atomic E-state index is 2.50. The maximum Gasteiger partial charge on any atom is 0.0541 e. The summed E-state index contributed by atoms with van der Waals surface area (Å²) in [7, 11) is 0. The van der Waals surface area contributed by atoms with Crippen molar-refractivity contribution < 1.29 is 0 Å². The molecule has 0 radical (unpaired) electrons. The van der Waals surface area contributed by atoms with Gasteiger partial charge >= 0.3 is 0 Å². The SMILES string of the molecule is CC(C)(C)n1c2ccc(-n3c4ccccc4c4ccccc43)cc2c2cc(-n3c4ccccc4c4ccccc43)ccc21. The molecular weight excluding hydrogens is 522 g/mol. The molecule has 3 nitrogen and oxygen atoms in total. The smallest absolute Gasteiger partial charge is 0.0541 e. The first kappa shape index (κ1) is 24.3. The fourth-order valence-corrected chi connectivity index (χ4v) is 7.40. The van der Waals surface area contributed by atoms with Gasteiger partial charge in [0.05, 0.1) is 22.1 Å². The molecule has 206 valence electrons. The van der Waals surface area contributed by atoms with Crippen LogP contribution in [0, 0.1) is 0 Å². The van der Waals surface area contributed by atoms with Gasteiger partial charge < -0.3 is 13.7 Å². The lowest BCUT2D eigenvalue weighted by molar-refractivity contribution is 0.423. The highest BCUT2D eigenvalue weighted by Gasteiger charge is 2.22. The van der Waals surface area contributed by atoms with Crippen molar-refractivity contribution in [2.24, 2.45) is 0 Å². The molecule has 0 spiro atoms. The van der Waals surface area contributed by atoms with Crippen LogP contribution in [0.1, 0.15) is 20.8 Å². The summed E-state index contributed by atoms with van der Waals surface area (Å²) >= 11 is 0. The quantitative estimate of drug-likeness (QED) is 0.202. The van der Waals surface area contributed by atoms with Crippen molar-refractivity contribution in [3.63, 3.8) is 0 Å². The van der Waals surface area contributed by atoms with Crippen molar-refractivity contribution in [2.75, 3.05) is 0 Å². The van der Waals surface area contributed by atoms with E-state index in [1.54, 1.807) is 0 Å². The Labute approximate surface area is 249 Å². The van der Waals surface area contributed by atoms with E-state index in [2.05, 4.69) is 168 Å². The lowest BCUT2D eigenvalue weighted by Gasteiger charge is -2.24.